The van der Waals surface area contributed by atoms with Gasteiger partial charge in [-0.25, -0.2) is 4.39 Å². The Morgan fingerprint density at radius 2 is 1.82 bits per heavy atom. The molecule has 7 nitrogen and oxygen atoms in total. The van der Waals surface area contributed by atoms with E-state index < -0.39 is 17.2 Å². The average Bonchev–Trinajstić information content (AvgIpc) is 2.68. The lowest BCUT2D eigenvalue weighted by Crippen LogP contribution is -2.19. The Bertz CT molecular complexity index is 1080. The van der Waals surface area contributed by atoms with Crippen molar-refractivity contribution in [1.29, 1.82) is 0 Å². The van der Waals surface area contributed by atoms with Crippen LogP contribution in [0.3, 0.4) is 0 Å². The summed E-state index contributed by atoms with van der Waals surface area (Å²) in [7, 11) is 0. The molecule has 3 N–H and O–H groups in total. The summed E-state index contributed by atoms with van der Waals surface area (Å²) in [4.78, 5) is 35.8. The van der Waals surface area contributed by atoms with Gasteiger partial charge in [0, 0.05) is 6.07 Å². The van der Waals surface area contributed by atoms with Crippen molar-refractivity contribution in [2.75, 3.05) is 5.32 Å². The highest BCUT2D eigenvalue weighted by molar-refractivity contribution is 6.07. The van der Waals surface area contributed by atoms with Gasteiger partial charge in [-0.2, -0.15) is 0 Å². The van der Waals surface area contributed by atoms with Gasteiger partial charge < -0.3 is 20.2 Å². The van der Waals surface area contributed by atoms with E-state index in [4.69, 9.17) is 14.9 Å². The third-order valence-electron chi connectivity index (χ3n) is 3.77. The van der Waals surface area contributed by atoms with Gasteiger partial charge in [0.25, 0.3) is 11.8 Å². The summed E-state index contributed by atoms with van der Waals surface area (Å²) in [6.07, 6.45) is 1.01. The summed E-state index contributed by atoms with van der Waals surface area (Å²) >= 11 is 0. The molecule has 1 aromatic heterocycles. The maximum Gasteiger partial charge on any atom is 0.291 e. The minimum atomic E-state index is -0.726. The number of primary amides is 1. The zero-order valence-corrected chi connectivity index (χ0v) is 14.5. The number of carbonyl (C=O) groups excluding carboxylic acids is 2. The average molecular weight is 382 g/mol. The fourth-order valence-corrected chi connectivity index (χ4v) is 2.36. The lowest BCUT2D eigenvalue weighted by atomic mass is 10.1. The number of hydrogen-bond acceptors (Lipinski definition) is 5. The first-order chi connectivity index (χ1) is 13.4. The minimum absolute atomic E-state index is 0.0303. The first-order valence-corrected chi connectivity index (χ1v) is 8.14. The van der Waals surface area contributed by atoms with E-state index in [2.05, 4.69) is 5.32 Å². The zero-order chi connectivity index (χ0) is 20.1. The third-order valence-corrected chi connectivity index (χ3v) is 3.77. The van der Waals surface area contributed by atoms with Crippen LogP contribution in [0.5, 0.6) is 5.75 Å². The molecule has 28 heavy (non-hydrogen) atoms. The fourth-order valence-electron chi connectivity index (χ4n) is 2.36. The molecule has 0 aliphatic carbocycles. The molecule has 2 aromatic carbocycles. The van der Waals surface area contributed by atoms with Crippen molar-refractivity contribution < 1.29 is 23.1 Å². The van der Waals surface area contributed by atoms with Gasteiger partial charge in [0.1, 0.15) is 18.7 Å². The van der Waals surface area contributed by atoms with E-state index in [0.29, 0.717) is 5.56 Å². The smallest absolute Gasteiger partial charge is 0.291 e. The van der Waals surface area contributed by atoms with Gasteiger partial charge in [0.05, 0.1) is 11.3 Å². The predicted octanol–water partition coefficient (Wildman–Crippen LogP) is 2.71. The third kappa shape index (κ3) is 4.42. The van der Waals surface area contributed by atoms with Crippen LogP contribution in [0.15, 0.2) is 70.1 Å². The first kappa shape index (κ1) is 18.8. The number of amides is 2. The van der Waals surface area contributed by atoms with Gasteiger partial charge >= 0.3 is 0 Å². The number of para-hydroxylation sites is 1. The van der Waals surface area contributed by atoms with Crippen LogP contribution in [0, 0.1) is 5.82 Å². The SMILES string of the molecule is NC(=O)c1ccccc1NC(=O)c1cc(=O)c(OCc2ccc(F)cc2)co1. The summed E-state index contributed by atoms with van der Waals surface area (Å²) in [6.45, 7) is 0.0303. The Kier molecular flexibility index (Phi) is 5.50. The zero-order valence-electron chi connectivity index (χ0n) is 14.5. The molecule has 0 aliphatic heterocycles. The number of halogens is 1. The summed E-state index contributed by atoms with van der Waals surface area (Å²) in [5.41, 5.74) is 5.67. The molecular weight excluding hydrogens is 367 g/mol. The van der Waals surface area contributed by atoms with Crippen molar-refractivity contribution in [2.24, 2.45) is 5.73 Å². The minimum Gasteiger partial charge on any atom is -0.482 e. The highest BCUT2D eigenvalue weighted by Crippen LogP contribution is 2.16. The molecule has 0 spiro atoms. The molecule has 142 valence electrons. The van der Waals surface area contributed by atoms with E-state index >= 15 is 0 Å². The van der Waals surface area contributed by atoms with E-state index in [0.717, 1.165) is 12.3 Å². The van der Waals surface area contributed by atoms with Crippen molar-refractivity contribution in [2.45, 2.75) is 6.61 Å². The number of nitrogens with two attached hydrogens (primary N) is 1. The van der Waals surface area contributed by atoms with Crippen LogP contribution in [0.1, 0.15) is 26.5 Å². The summed E-state index contributed by atoms with van der Waals surface area (Å²) in [5.74, 6) is -2.17. The van der Waals surface area contributed by atoms with E-state index in [1.165, 1.54) is 36.4 Å². The Hall–Kier alpha value is -3.94. The number of anilines is 1. The van der Waals surface area contributed by atoms with Crippen LogP contribution in [0.25, 0.3) is 0 Å². The molecule has 0 radical (unpaired) electrons. The Morgan fingerprint density at radius 3 is 2.50 bits per heavy atom. The van der Waals surface area contributed by atoms with Gasteiger partial charge in [-0.15, -0.1) is 0 Å². The summed E-state index contributed by atoms with van der Waals surface area (Å²) in [6, 6.07) is 12.7. The lowest BCUT2D eigenvalue weighted by molar-refractivity contribution is 0.0993. The quantitative estimate of drug-likeness (QED) is 0.681. The van der Waals surface area contributed by atoms with Crippen molar-refractivity contribution in [3.63, 3.8) is 0 Å². The number of carbonyl (C=O) groups is 2. The number of rotatable bonds is 6. The van der Waals surface area contributed by atoms with E-state index in [9.17, 15) is 18.8 Å². The number of hydrogen-bond donors (Lipinski definition) is 2. The second kappa shape index (κ2) is 8.17. The van der Waals surface area contributed by atoms with Gasteiger partial charge in [-0.1, -0.05) is 24.3 Å². The predicted molar refractivity (Wildman–Crippen MR) is 98.6 cm³/mol. The van der Waals surface area contributed by atoms with E-state index in [1.807, 2.05) is 0 Å². The molecule has 0 bridgehead atoms. The Balaban J connectivity index is 1.71. The molecule has 0 saturated heterocycles. The lowest BCUT2D eigenvalue weighted by Gasteiger charge is -2.09. The number of ether oxygens (including phenoxy) is 1. The number of nitrogens with one attached hydrogen (secondary N) is 1. The maximum atomic E-state index is 12.9. The second-order valence-electron chi connectivity index (χ2n) is 5.75. The van der Waals surface area contributed by atoms with Crippen LogP contribution in [0.4, 0.5) is 10.1 Å². The van der Waals surface area contributed by atoms with Gasteiger partial charge in [0.2, 0.25) is 11.2 Å². The molecule has 0 atom stereocenters. The van der Waals surface area contributed by atoms with Crippen LogP contribution in [0.2, 0.25) is 0 Å². The summed E-state index contributed by atoms with van der Waals surface area (Å²) in [5, 5.41) is 2.47. The normalized spacial score (nSPS) is 10.3. The molecule has 0 saturated carbocycles. The van der Waals surface area contributed by atoms with Gasteiger partial charge in [-0.3, -0.25) is 14.4 Å². The maximum absolute atomic E-state index is 12.9. The standard InChI is InChI=1S/C20H15FN2O5/c21-13-7-5-12(6-8-13)10-27-18-11-28-17(9-16(18)24)20(26)23-15-4-2-1-3-14(15)19(22)25/h1-9,11H,10H2,(H2,22,25)(H,23,26). The Labute approximate surface area is 158 Å². The molecule has 2 amide bonds. The fraction of sp³-hybridized carbons (Fsp3) is 0.0500. The molecule has 3 aromatic rings. The highest BCUT2D eigenvalue weighted by Gasteiger charge is 2.15. The van der Waals surface area contributed by atoms with Crippen LogP contribution in [-0.4, -0.2) is 11.8 Å². The number of benzene rings is 2. The molecule has 8 heteroatoms. The summed E-state index contributed by atoms with van der Waals surface area (Å²) < 4.78 is 23.4. The van der Waals surface area contributed by atoms with Crippen LogP contribution in [-0.2, 0) is 6.61 Å². The van der Waals surface area contributed by atoms with E-state index in [1.54, 1.807) is 12.1 Å². The Morgan fingerprint density at radius 1 is 1.11 bits per heavy atom. The van der Waals surface area contributed by atoms with Crippen molar-refractivity contribution >= 4 is 17.5 Å². The molecule has 0 fully saturated rings. The molecule has 3 rings (SSSR count). The van der Waals surface area contributed by atoms with Gasteiger partial charge in [-0.05, 0) is 29.8 Å². The monoisotopic (exact) mass is 382 g/mol. The second-order valence-corrected chi connectivity index (χ2v) is 5.75. The molecule has 0 aliphatic rings. The molecular formula is C20H15FN2O5. The van der Waals surface area contributed by atoms with Crippen LogP contribution < -0.4 is 21.2 Å². The van der Waals surface area contributed by atoms with Gasteiger partial charge in [0.15, 0.2) is 5.76 Å². The van der Waals surface area contributed by atoms with Crippen molar-refractivity contribution in [3.05, 3.63) is 93.8 Å². The topological polar surface area (TPSA) is 112 Å². The van der Waals surface area contributed by atoms with Crippen molar-refractivity contribution in [3.8, 4) is 5.75 Å². The van der Waals surface area contributed by atoms with Crippen molar-refractivity contribution in [1.82, 2.24) is 0 Å². The molecule has 0 unspecified atom stereocenters. The van der Waals surface area contributed by atoms with Crippen LogP contribution >= 0.6 is 0 Å². The van der Waals surface area contributed by atoms with E-state index in [-0.39, 0.29) is 35.2 Å². The molecule has 1 heterocycles. The highest BCUT2D eigenvalue weighted by atomic mass is 19.1. The largest absolute Gasteiger partial charge is 0.482 e. The first-order valence-electron chi connectivity index (χ1n) is 8.14.